The lowest BCUT2D eigenvalue weighted by Gasteiger charge is -2.29. The average Bonchev–Trinajstić information content (AvgIpc) is 2.35. The normalized spacial score (nSPS) is 24.8. The molecule has 0 radical (unpaired) electrons. The van der Waals surface area contributed by atoms with Gasteiger partial charge in [-0.2, -0.15) is 0 Å². The van der Waals surface area contributed by atoms with Crippen LogP contribution in [0.25, 0.3) is 0 Å². The lowest BCUT2D eigenvalue weighted by Crippen LogP contribution is -3.27. The fraction of sp³-hybridized carbons (Fsp3) is 0.538. The molecule has 3 N–H and O–H groups in total. The SMILES string of the molecule is OCC[NH+]1CC[NH+](Cc2ccccc2F)CC1. The van der Waals surface area contributed by atoms with Gasteiger partial charge in [-0.15, -0.1) is 0 Å². The highest BCUT2D eigenvalue weighted by atomic mass is 19.1. The van der Waals surface area contributed by atoms with Crippen molar-refractivity contribution in [1.82, 2.24) is 0 Å². The molecular weight excluding hydrogens is 219 g/mol. The maximum absolute atomic E-state index is 13.5. The minimum absolute atomic E-state index is 0.0925. The van der Waals surface area contributed by atoms with Gasteiger partial charge < -0.3 is 14.9 Å². The van der Waals surface area contributed by atoms with Crippen molar-refractivity contribution in [2.45, 2.75) is 6.54 Å². The molecule has 3 nitrogen and oxygen atoms in total. The number of hydrogen-bond donors (Lipinski definition) is 3. The zero-order valence-electron chi connectivity index (χ0n) is 10.1. The molecule has 94 valence electrons. The van der Waals surface area contributed by atoms with E-state index in [1.807, 2.05) is 12.1 Å². The number of rotatable bonds is 4. The van der Waals surface area contributed by atoms with Crippen LogP contribution >= 0.6 is 0 Å². The Morgan fingerprint density at radius 3 is 2.35 bits per heavy atom. The number of halogens is 1. The third-order valence-corrected chi connectivity index (χ3v) is 3.53. The largest absolute Gasteiger partial charge is 0.391 e. The number of benzene rings is 1. The van der Waals surface area contributed by atoms with E-state index in [1.54, 1.807) is 6.07 Å². The summed E-state index contributed by atoms with van der Waals surface area (Å²) in [6.45, 7) is 6.14. The van der Waals surface area contributed by atoms with Crippen LogP contribution in [-0.4, -0.2) is 44.4 Å². The molecule has 1 aromatic carbocycles. The van der Waals surface area contributed by atoms with Crippen LogP contribution in [0.5, 0.6) is 0 Å². The van der Waals surface area contributed by atoms with Crippen molar-refractivity contribution in [3.05, 3.63) is 35.6 Å². The van der Waals surface area contributed by atoms with E-state index in [0.717, 1.165) is 44.8 Å². The smallest absolute Gasteiger partial charge is 0.132 e. The molecule has 0 amide bonds. The van der Waals surface area contributed by atoms with Crippen LogP contribution < -0.4 is 9.80 Å². The minimum Gasteiger partial charge on any atom is -0.391 e. The minimum atomic E-state index is -0.0925. The second-order valence-electron chi connectivity index (χ2n) is 4.74. The molecule has 0 saturated carbocycles. The molecule has 0 spiro atoms. The number of piperazine rings is 1. The standard InChI is InChI=1S/C13H19FN2O/c14-13-4-2-1-3-12(13)11-16-7-5-15(6-8-16)9-10-17/h1-4,17H,5-11H2/p+2. The molecule has 1 aliphatic rings. The molecule has 0 aliphatic carbocycles. The summed E-state index contributed by atoms with van der Waals surface area (Å²) in [5.41, 5.74) is 0.813. The van der Waals surface area contributed by atoms with Crippen molar-refractivity contribution in [2.24, 2.45) is 0 Å². The van der Waals surface area contributed by atoms with Crippen LogP contribution in [0.4, 0.5) is 4.39 Å². The molecule has 0 unspecified atom stereocenters. The van der Waals surface area contributed by atoms with E-state index in [1.165, 1.54) is 15.9 Å². The molecule has 1 aromatic rings. The number of quaternary nitrogens is 2. The van der Waals surface area contributed by atoms with Gasteiger partial charge in [-0.25, -0.2) is 4.39 Å². The molecule has 0 atom stereocenters. The van der Waals surface area contributed by atoms with Gasteiger partial charge in [0.05, 0.1) is 6.61 Å². The number of aliphatic hydroxyl groups is 1. The van der Waals surface area contributed by atoms with Gasteiger partial charge in [-0.1, -0.05) is 18.2 Å². The summed E-state index contributed by atoms with van der Waals surface area (Å²) < 4.78 is 13.5. The summed E-state index contributed by atoms with van der Waals surface area (Å²) in [4.78, 5) is 2.90. The van der Waals surface area contributed by atoms with Crippen LogP contribution in [0.15, 0.2) is 24.3 Å². The van der Waals surface area contributed by atoms with Gasteiger partial charge in [-0.3, -0.25) is 0 Å². The molecular formula is C13H21FN2O+2. The fourth-order valence-corrected chi connectivity index (χ4v) is 2.45. The highest BCUT2D eigenvalue weighted by Gasteiger charge is 2.22. The van der Waals surface area contributed by atoms with Gasteiger partial charge in [0.2, 0.25) is 0 Å². The first-order chi connectivity index (χ1) is 8.29. The molecule has 1 aliphatic heterocycles. The maximum Gasteiger partial charge on any atom is 0.132 e. The second kappa shape index (κ2) is 6.10. The molecule has 2 rings (SSSR count). The van der Waals surface area contributed by atoms with Gasteiger partial charge in [0.1, 0.15) is 45.1 Å². The van der Waals surface area contributed by atoms with Gasteiger partial charge in [0, 0.05) is 5.56 Å². The molecule has 1 saturated heterocycles. The van der Waals surface area contributed by atoms with Gasteiger partial charge in [-0.05, 0) is 6.07 Å². The van der Waals surface area contributed by atoms with Crippen molar-refractivity contribution in [1.29, 1.82) is 0 Å². The third kappa shape index (κ3) is 3.49. The van der Waals surface area contributed by atoms with Gasteiger partial charge in [0.25, 0.3) is 0 Å². The van der Waals surface area contributed by atoms with E-state index in [0.29, 0.717) is 0 Å². The Morgan fingerprint density at radius 2 is 1.71 bits per heavy atom. The molecule has 4 heteroatoms. The van der Waals surface area contributed by atoms with Crippen molar-refractivity contribution in [3.8, 4) is 0 Å². The average molecular weight is 240 g/mol. The van der Waals surface area contributed by atoms with E-state index >= 15 is 0 Å². The number of hydrogen-bond acceptors (Lipinski definition) is 1. The van der Waals surface area contributed by atoms with E-state index in [2.05, 4.69) is 0 Å². The monoisotopic (exact) mass is 240 g/mol. The topological polar surface area (TPSA) is 29.1 Å². The summed E-state index contributed by atoms with van der Waals surface area (Å²) in [5.74, 6) is -0.0925. The van der Waals surface area contributed by atoms with Crippen LogP contribution in [0.1, 0.15) is 5.56 Å². The first kappa shape index (κ1) is 12.5. The first-order valence-corrected chi connectivity index (χ1v) is 6.31. The summed E-state index contributed by atoms with van der Waals surface area (Å²) in [5, 5.41) is 8.88. The number of nitrogens with one attached hydrogen (secondary N) is 2. The van der Waals surface area contributed by atoms with Gasteiger partial charge >= 0.3 is 0 Å². The lowest BCUT2D eigenvalue weighted by molar-refractivity contribution is -1.02. The molecule has 0 aromatic heterocycles. The zero-order valence-corrected chi connectivity index (χ0v) is 10.1. The highest BCUT2D eigenvalue weighted by molar-refractivity contribution is 5.15. The Balaban J connectivity index is 1.84. The molecule has 17 heavy (non-hydrogen) atoms. The summed E-state index contributed by atoms with van der Waals surface area (Å²) in [6, 6.07) is 7.03. The summed E-state index contributed by atoms with van der Waals surface area (Å²) >= 11 is 0. The van der Waals surface area contributed by atoms with Crippen molar-refractivity contribution in [3.63, 3.8) is 0 Å². The Bertz CT molecular complexity index is 351. The molecule has 0 bridgehead atoms. The predicted molar refractivity (Wildman–Crippen MR) is 63.5 cm³/mol. The van der Waals surface area contributed by atoms with Crippen LogP contribution in [-0.2, 0) is 6.54 Å². The Hall–Kier alpha value is -0.970. The van der Waals surface area contributed by atoms with Crippen molar-refractivity contribution in [2.75, 3.05) is 39.3 Å². The Kier molecular flexibility index (Phi) is 4.48. The van der Waals surface area contributed by atoms with Gasteiger partial charge in [0.15, 0.2) is 0 Å². The molecule has 1 heterocycles. The van der Waals surface area contributed by atoms with Crippen LogP contribution in [0.3, 0.4) is 0 Å². The van der Waals surface area contributed by atoms with E-state index in [-0.39, 0.29) is 12.4 Å². The Morgan fingerprint density at radius 1 is 1.06 bits per heavy atom. The third-order valence-electron chi connectivity index (χ3n) is 3.53. The summed E-state index contributed by atoms with van der Waals surface area (Å²) in [6.07, 6.45) is 0. The second-order valence-corrected chi connectivity index (χ2v) is 4.74. The van der Waals surface area contributed by atoms with Crippen LogP contribution in [0.2, 0.25) is 0 Å². The summed E-state index contributed by atoms with van der Waals surface area (Å²) in [7, 11) is 0. The van der Waals surface area contributed by atoms with Crippen LogP contribution in [0, 0.1) is 5.82 Å². The zero-order chi connectivity index (χ0) is 12.1. The maximum atomic E-state index is 13.5. The lowest BCUT2D eigenvalue weighted by atomic mass is 10.2. The molecule has 1 fully saturated rings. The number of aliphatic hydroxyl groups excluding tert-OH is 1. The first-order valence-electron chi connectivity index (χ1n) is 6.31. The predicted octanol–water partition coefficient (Wildman–Crippen LogP) is -1.90. The van der Waals surface area contributed by atoms with Crippen molar-refractivity contribution < 1.29 is 19.3 Å². The van der Waals surface area contributed by atoms with Crippen molar-refractivity contribution >= 4 is 0 Å². The van der Waals surface area contributed by atoms with E-state index in [9.17, 15) is 4.39 Å². The van der Waals surface area contributed by atoms with E-state index in [4.69, 9.17) is 5.11 Å². The quantitative estimate of drug-likeness (QED) is 0.564. The van der Waals surface area contributed by atoms with E-state index < -0.39 is 0 Å². The fourth-order valence-electron chi connectivity index (χ4n) is 2.45. The Labute approximate surface area is 101 Å². The highest BCUT2D eigenvalue weighted by Crippen LogP contribution is 2.03.